The molecule has 10 heteroatoms. The zero-order valence-corrected chi connectivity index (χ0v) is 16.7. The van der Waals surface area contributed by atoms with Gasteiger partial charge in [-0.15, -0.1) is 11.3 Å². The fourth-order valence-electron chi connectivity index (χ4n) is 2.43. The molecule has 0 radical (unpaired) electrons. The van der Waals surface area contributed by atoms with Crippen molar-refractivity contribution in [1.82, 2.24) is 4.72 Å². The van der Waals surface area contributed by atoms with Crippen molar-refractivity contribution < 1.29 is 26.0 Å². The van der Waals surface area contributed by atoms with Crippen molar-refractivity contribution in [2.75, 3.05) is 13.7 Å². The summed E-state index contributed by atoms with van der Waals surface area (Å²) in [6.07, 6.45) is 1.35. The molecule has 0 aliphatic carbocycles. The number of methoxy groups -OCH3 is 1. The summed E-state index contributed by atoms with van der Waals surface area (Å²) in [5, 5.41) is 0.465. The molecule has 0 saturated carbocycles. The number of rotatable bonds is 8. The van der Waals surface area contributed by atoms with Crippen LogP contribution in [0.25, 0.3) is 0 Å². The van der Waals surface area contributed by atoms with Crippen molar-refractivity contribution in [1.29, 1.82) is 0 Å². The Morgan fingerprint density at radius 2 is 1.81 bits per heavy atom. The molecular formula is C17H17NO6S3. The van der Waals surface area contributed by atoms with Crippen LogP contribution in [0, 0.1) is 0 Å². The van der Waals surface area contributed by atoms with Gasteiger partial charge in [0.15, 0.2) is 9.84 Å². The number of benzene rings is 1. The number of nitrogens with one attached hydrogen (secondary N) is 1. The van der Waals surface area contributed by atoms with Gasteiger partial charge in [-0.05, 0) is 47.8 Å². The summed E-state index contributed by atoms with van der Waals surface area (Å²) < 4.78 is 63.7. The number of hydrogen-bond acceptors (Lipinski definition) is 7. The van der Waals surface area contributed by atoms with E-state index in [0.717, 1.165) is 11.3 Å². The van der Waals surface area contributed by atoms with Crippen LogP contribution >= 0.6 is 11.3 Å². The lowest BCUT2D eigenvalue weighted by Gasteiger charge is -2.16. The lowest BCUT2D eigenvalue weighted by molar-refractivity contribution is 0.414. The van der Waals surface area contributed by atoms with Gasteiger partial charge in [0.25, 0.3) is 0 Å². The highest BCUT2D eigenvalue weighted by Gasteiger charge is 2.33. The fraction of sp³-hybridized carbons (Fsp3) is 0.176. The molecule has 2 aromatic heterocycles. The molecule has 1 atom stereocenters. The van der Waals surface area contributed by atoms with Crippen LogP contribution in [0.2, 0.25) is 0 Å². The van der Waals surface area contributed by atoms with Gasteiger partial charge in [0.05, 0.1) is 18.3 Å². The SMILES string of the molecule is COc1ccc(S(=O)(=O)NCC(c2ccco2)S(=O)(=O)c2cccs2)cc1. The van der Waals surface area contributed by atoms with Crippen LogP contribution in [-0.4, -0.2) is 30.5 Å². The van der Waals surface area contributed by atoms with E-state index in [4.69, 9.17) is 9.15 Å². The predicted octanol–water partition coefficient (Wildman–Crippen LogP) is 2.84. The van der Waals surface area contributed by atoms with E-state index in [9.17, 15) is 16.8 Å². The average Bonchev–Trinajstić information content (AvgIpc) is 3.36. The first-order chi connectivity index (χ1) is 12.8. The Bertz CT molecular complexity index is 1070. The molecule has 1 unspecified atom stereocenters. The van der Waals surface area contributed by atoms with E-state index in [0.29, 0.717) is 5.75 Å². The van der Waals surface area contributed by atoms with Gasteiger partial charge in [-0.3, -0.25) is 0 Å². The Morgan fingerprint density at radius 1 is 1.07 bits per heavy atom. The largest absolute Gasteiger partial charge is 0.497 e. The van der Waals surface area contributed by atoms with E-state index in [2.05, 4.69) is 4.72 Å². The third-order valence-corrected chi connectivity index (χ3v) is 8.77. The Morgan fingerprint density at radius 3 is 2.37 bits per heavy atom. The number of furan rings is 1. The minimum atomic E-state index is -3.91. The quantitative estimate of drug-likeness (QED) is 0.593. The number of thiophene rings is 1. The summed E-state index contributed by atoms with van der Waals surface area (Å²) in [5.74, 6) is 0.684. The first-order valence-corrected chi connectivity index (χ1v) is 11.7. The molecule has 144 valence electrons. The third kappa shape index (κ3) is 4.24. The van der Waals surface area contributed by atoms with Crippen molar-refractivity contribution in [2.45, 2.75) is 14.4 Å². The summed E-state index contributed by atoms with van der Waals surface area (Å²) in [6.45, 7) is -0.359. The van der Waals surface area contributed by atoms with E-state index in [1.54, 1.807) is 17.5 Å². The minimum Gasteiger partial charge on any atom is -0.497 e. The van der Waals surface area contributed by atoms with Crippen LogP contribution in [0.5, 0.6) is 5.75 Å². The van der Waals surface area contributed by atoms with Gasteiger partial charge in [-0.25, -0.2) is 21.6 Å². The van der Waals surface area contributed by atoms with Gasteiger partial charge in [0.1, 0.15) is 21.0 Å². The summed E-state index contributed by atoms with van der Waals surface area (Å²) in [6, 6.07) is 12.0. The van der Waals surface area contributed by atoms with Gasteiger partial charge < -0.3 is 9.15 Å². The van der Waals surface area contributed by atoms with E-state index >= 15 is 0 Å². The number of sulfonamides is 1. The molecule has 2 heterocycles. The fourth-order valence-corrected chi connectivity index (χ4v) is 6.37. The molecule has 3 aromatic rings. The molecule has 0 fully saturated rings. The molecule has 7 nitrogen and oxygen atoms in total. The van der Waals surface area contributed by atoms with E-state index in [1.165, 1.54) is 49.8 Å². The highest BCUT2D eigenvalue weighted by atomic mass is 32.2. The van der Waals surface area contributed by atoms with E-state index in [1.807, 2.05) is 0 Å². The number of ether oxygens (including phenoxy) is 1. The normalized spacial score (nSPS) is 13.4. The zero-order chi connectivity index (χ0) is 19.5. The zero-order valence-electron chi connectivity index (χ0n) is 14.2. The van der Waals surface area contributed by atoms with Crippen LogP contribution < -0.4 is 9.46 Å². The van der Waals surface area contributed by atoms with Crippen LogP contribution in [-0.2, 0) is 19.9 Å². The van der Waals surface area contributed by atoms with Crippen molar-refractivity contribution in [3.8, 4) is 5.75 Å². The Balaban J connectivity index is 1.87. The smallest absolute Gasteiger partial charge is 0.240 e. The van der Waals surface area contributed by atoms with Crippen LogP contribution in [0.15, 0.2) is 73.7 Å². The van der Waals surface area contributed by atoms with Crippen LogP contribution in [0.1, 0.15) is 11.0 Å². The average molecular weight is 428 g/mol. The predicted molar refractivity (Wildman–Crippen MR) is 101 cm³/mol. The number of sulfone groups is 1. The molecule has 1 N–H and O–H groups in total. The van der Waals surface area contributed by atoms with Gasteiger partial charge in [0.2, 0.25) is 10.0 Å². The Labute approximate surface area is 161 Å². The Kier molecular flexibility index (Phi) is 5.70. The summed E-state index contributed by atoms with van der Waals surface area (Å²) >= 11 is 1.07. The maximum absolute atomic E-state index is 12.9. The highest BCUT2D eigenvalue weighted by Crippen LogP contribution is 2.31. The van der Waals surface area contributed by atoms with Crippen molar-refractivity contribution in [3.63, 3.8) is 0 Å². The van der Waals surface area contributed by atoms with Crippen molar-refractivity contribution in [2.24, 2.45) is 0 Å². The van der Waals surface area contributed by atoms with Gasteiger partial charge in [-0.2, -0.15) is 0 Å². The van der Waals surface area contributed by atoms with Crippen LogP contribution in [0.3, 0.4) is 0 Å². The maximum Gasteiger partial charge on any atom is 0.240 e. The molecule has 1 aromatic carbocycles. The van der Waals surface area contributed by atoms with E-state index < -0.39 is 25.1 Å². The van der Waals surface area contributed by atoms with Gasteiger partial charge >= 0.3 is 0 Å². The molecular weight excluding hydrogens is 410 g/mol. The molecule has 0 saturated heterocycles. The molecule has 0 spiro atoms. The van der Waals surface area contributed by atoms with E-state index in [-0.39, 0.29) is 21.4 Å². The second kappa shape index (κ2) is 7.85. The summed E-state index contributed by atoms with van der Waals surface area (Å²) in [4.78, 5) is 0.00927. The number of hydrogen-bond donors (Lipinski definition) is 1. The second-order valence-electron chi connectivity index (χ2n) is 5.51. The third-order valence-electron chi connectivity index (χ3n) is 3.84. The lowest BCUT2D eigenvalue weighted by Crippen LogP contribution is -2.31. The molecule has 0 amide bonds. The monoisotopic (exact) mass is 427 g/mol. The topological polar surface area (TPSA) is 103 Å². The Hall–Kier alpha value is -2.14. The first kappa shape index (κ1) is 19.6. The van der Waals surface area contributed by atoms with Crippen LogP contribution in [0.4, 0.5) is 0 Å². The summed E-state index contributed by atoms with van der Waals surface area (Å²) in [7, 11) is -6.25. The standard InChI is InChI=1S/C17H17NO6S3/c1-23-13-6-8-14(9-7-13)27(21,22)18-12-16(15-4-2-10-24-15)26(19,20)17-5-3-11-25-17/h2-11,16,18H,12H2,1H3. The molecule has 0 aliphatic rings. The molecule has 0 aliphatic heterocycles. The first-order valence-electron chi connectivity index (χ1n) is 7.79. The minimum absolute atomic E-state index is 0.00927. The maximum atomic E-state index is 12.9. The van der Waals surface area contributed by atoms with Crippen molar-refractivity contribution >= 4 is 31.2 Å². The molecule has 3 rings (SSSR count). The van der Waals surface area contributed by atoms with Gasteiger partial charge in [0, 0.05) is 6.54 Å². The molecule has 0 bridgehead atoms. The second-order valence-corrected chi connectivity index (χ2v) is 10.6. The van der Waals surface area contributed by atoms with Crippen molar-refractivity contribution in [3.05, 3.63) is 65.9 Å². The molecule has 27 heavy (non-hydrogen) atoms. The van der Waals surface area contributed by atoms with Gasteiger partial charge in [-0.1, -0.05) is 6.07 Å². The lowest BCUT2D eigenvalue weighted by atomic mass is 10.3. The highest BCUT2D eigenvalue weighted by molar-refractivity contribution is 7.93. The summed E-state index contributed by atoms with van der Waals surface area (Å²) in [5.41, 5.74) is 0.